The molecule has 5 nitrogen and oxygen atoms in total. The van der Waals surface area contributed by atoms with E-state index in [0.29, 0.717) is 10.9 Å². The molecule has 2 aromatic carbocycles. The largest absolute Gasteiger partial charge is 0.497 e. The van der Waals surface area contributed by atoms with E-state index in [0.717, 1.165) is 33.5 Å². The number of hydrogen-bond acceptors (Lipinski definition) is 5. The fourth-order valence-electron chi connectivity index (χ4n) is 2.76. The van der Waals surface area contributed by atoms with Crippen LogP contribution >= 0.6 is 23.4 Å². The summed E-state index contributed by atoms with van der Waals surface area (Å²) in [6, 6.07) is 21.7. The van der Waals surface area contributed by atoms with Gasteiger partial charge in [0, 0.05) is 23.2 Å². The Morgan fingerprint density at radius 2 is 1.86 bits per heavy atom. The maximum absolute atomic E-state index is 5.88. The number of benzene rings is 2. The molecule has 0 spiro atoms. The molecule has 4 aromatic rings. The Morgan fingerprint density at radius 3 is 2.61 bits per heavy atom. The van der Waals surface area contributed by atoms with Crippen LogP contribution in [0.4, 0.5) is 0 Å². The monoisotopic (exact) mass is 408 g/mol. The zero-order chi connectivity index (χ0) is 19.3. The molecule has 0 saturated heterocycles. The summed E-state index contributed by atoms with van der Waals surface area (Å²) in [7, 11) is 1.66. The number of thioether (sulfide) groups is 1. The van der Waals surface area contributed by atoms with E-state index in [1.54, 1.807) is 31.1 Å². The lowest BCUT2D eigenvalue weighted by Gasteiger charge is -2.11. The van der Waals surface area contributed by atoms with E-state index in [2.05, 4.69) is 19.7 Å². The second-order valence-electron chi connectivity index (χ2n) is 5.99. The molecule has 4 rings (SSSR count). The van der Waals surface area contributed by atoms with Crippen LogP contribution in [0.15, 0.2) is 78.1 Å². The van der Waals surface area contributed by atoms with Crippen molar-refractivity contribution in [3.8, 4) is 22.8 Å². The first kappa shape index (κ1) is 18.5. The number of nitrogens with zero attached hydrogens (tertiary/aromatic N) is 4. The molecular weight excluding hydrogens is 392 g/mol. The predicted molar refractivity (Wildman–Crippen MR) is 112 cm³/mol. The van der Waals surface area contributed by atoms with Crippen LogP contribution in [-0.4, -0.2) is 26.9 Å². The topological polar surface area (TPSA) is 52.8 Å². The Labute approximate surface area is 172 Å². The van der Waals surface area contributed by atoms with E-state index < -0.39 is 0 Å². The van der Waals surface area contributed by atoms with Crippen molar-refractivity contribution in [2.75, 3.05) is 7.11 Å². The normalized spacial score (nSPS) is 10.8. The smallest absolute Gasteiger partial charge is 0.196 e. The second-order valence-corrected chi connectivity index (χ2v) is 7.32. The maximum Gasteiger partial charge on any atom is 0.196 e. The minimum Gasteiger partial charge on any atom is -0.497 e. The number of para-hydroxylation sites is 1. The summed E-state index contributed by atoms with van der Waals surface area (Å²) in [4.78, 5) is 4.14. The molecule has 0 aliphatic heterocycles. The van der Waals surface area contributed by atoms with E-state index in [1.165, 1.54) is 0 Å². The third kappa shape index (κ3) is 4.03. The van der Waals surface area contributed by atoms with Crippen molar-refractivity contribution < 1.29 is 4.74 Å². The molecule has 140 valence electrons. The zero-order valence-corrected chi connectivity index (χ0v) is 16.7. The zero-order valence-electron chi connectivity index (χ0n) is 15.1. The van der Waals surface area contributed by atoms with Crippen LogP contribution in [0.25, 0.3) is 17.1 Å². The molecule has 2 aromatic heterocycles. The van der Waals surface area contributed by atoms with Gasteiger partial charge in [-0.1, -0.05) is 59.8 Å². The van der Waals surface area contributed by atoms with E-state index >= 15 is 0 Å². The van der Waals surface area contributed by atoms with Gasteiger partial charge in [0.1, 0.15) is 10.9 Å². The quantitative estimate of drug-likeness (QED) is 0.321. The molecular formula is C21H17ClN4OS. The lowest BCUT2D eigenvalue weighted by molar-refractivity contribution is 0.415. The van der Waals surface area contributed by atoms with Crippen LogP contribution in [0, 0.1) is 0 Å². The summed E-state index contributed by atoms with van der Waals surface area (Å²) < 4.78 is 7.42. The van der Waals surface area contributed by atoms with Crippen molar-refractivity contribution in [2.24, 2.45) is 0 Å². The van der Waals surface area contributed by atoms with Crippen LogP contribution in [0.5, 0.6) is 5.75 Å². The van der Waals surface area contributed by atoms with Gasteiger partial charge < -0.3 is 4.74 Å². The van der Waals surface area contributed by atoms with Gasteiger partial charge in [-0.05, 0) is 35.9 Å². The van der Waals surface area contributed by atoms with Crippen LogP contribution in [0.3, 0.4) is 0 Å². The molecule has 0 aliphatic carbocycles. The predicted octanol–water partition coefficient (Wildman–Crippen LogP) is 5.28. The molecule has 0 aliphatic rings. The Bertz CT molecular complexity index is 1070. The second kappa shape index (κ2) is 8.46. The third-order valence-corrected chi connectivity index (χ3v) is 5.36. The third-order valence-electron chi connectivity index (χ3n) is 4.13. The number of halogens is 1. The first-order valence-electron chi connectivity index (χ1n) is 8.63. The molecule has 7 heteroatoms. The molecule has 2 heterocycles. The van der Waals surface area contributed by atoms with E-state index in [9.17, 15) is 0 Å². The molecule has 0 bridgehead atoms. The van der Waals surface area contributed by atoms with Gasteiger partial charge in [-0.15, -0.1) is 10.2 Å². The average molecular weight is 409 g/mol. The lowest BCUT2D eigenvalue weighted by Crippen LogP contribution is -2.00. The molecule has 0 N–H and O–H groups in total. The van der Waals surface area contributed by atoms with Gasteiger partial charge in [-0.25, -0.2) is 4.98 Å². The highest BCUT2D eigenvalue weighted by Gasteiger charge is 2.16. The van der Waals surface area contributed by atoms with Gasteiger partial charge in [-0.2, -0.15) is 0 Å². The molecule has 0 fully saturated rings. The van der Waals surface area contributed by atoms with Crippen LogP contribution < -0.4 is 4.74 Å². The number of pyridine rings is 1. The van der Waals surface area contributed by atoms with Crippen molar-refractivity contribution in [1.82, 2.24) is 19.7 Å². The summed E-state index contributed by atoms with van der Waals surface area (Å²) in [5.41, 5.74) is 3.01. The Balaban J connectivity index is 1.72. The van der Waals surface area contributed by atoms with Gasteiger partial charge in [0.25, 0.3) is 0 Å². The fraction of sp³-hybridized carbons (Fsp3) is 0.0952. The van der Waals surface area contributed by atoms with Gasteiger partial charge in [0.2, 0.25) is 0 Å². The summed E-state index contributed by atoms with van der Waals surface area (Å²) in [5, 5.41) is 10.2. The molecule has 0 saturated carbocycles. The number of methoxy groups -OCH3 is 1. The average Bonchev–Trinajstić information content (AvgIpc) is 3.18. The number of ether oxygens (including phenoxy) is 1. The first-order valence-corrected chi connectivity index (χ1v) is 9.99. The summed E-state index contributed by atoms with van der Waals surface area (Å²) in [6.07, 6.45) is 1.78. The first-order chi connectivity index (χ1) is 13.7. The molecule has 28 heavy (non-hydrogen) atoms. The van der Waals surface area contributed by atoms with Crippen LogP contribution in [0.1, 0.15) is 5.56 Å². The SMILES string of the molecule is COc1cccc(-c2nnc(SCc3ccc(Cl)nc3)n2-c2ccccc2)c1. The van der Waals surface area contributed by atoms with E-state index in [4.69, 9.17) is 16.3 Å². The Hall–Kier alpha value is -2.83. The van der Waals surface area contributed by atoms with Crippen molar-refractivity contribution >= 4 is 23.4 Å². The minimum atomic E-state index is 0.488. The summed E-state index contributed by atoms with van der Waals surface area (Å²) >= 11 is 7.48. The Morgan fingerprint density at radius 1 is 1.00 bits per heavy atom. The van der Waals surface area contributed by atoms with E-state index in [1.807, 2.05) is 60.7 Å². The lowest BCUT2D eigenvalue weighted by atomic mass is 10.2. The highest BCUT2D eigenvalue weighted by molar-refractivity contribution is 7.98. The van der Waals surface area contributed by atoms with Crippen LogP contribution in [-0.2, 0) is 5.75 Å². The Kier molecular flexibility index (Phi) is 5.60. The van der Waals surface area contributed by atoms with Crippen molar-refractivity contribution in [3.05, 3.63) is 83.6 Å². The summed E-state index contributed by atoms with van der Waals surface area (Å²) in [6.45, 7) is 0. The molecule has 0 atom stereocenters. The van der Waals surface area contributed by atoms with Gasteiger partial charge in [-0.3, -0.25) is 4.57 Å². The van der Waals surface area contributed by atoms with Gasteiger partial charge in [0.05, 0.1) is 7.11 Å². The summed E-state index contributed by atoms with van der Waals surface area (Å²) in [5.74, 6) is 2.26. The number of rotatable bonds is 6. The highest BCUT2D eigenvalue weighted by Crippen LogP contribution is 2.31. The standard InChI is InChI=1S/C21H17ClN4OS/c1-27-18-9-5-6-16(12-18)20-24-25-21(26(20)17-7-3-2-4-8-17)28-14-15-10-11-19(22)23-13-15/h2-13H,14H2,1H3. The fourth-order valence-corrected chi connectivity index (χ4v) is 3.76. The van der Waals surface area contributed by atoms with Crippen LogP contribution in [0.2, 0.25) is 5.15 Å². The van der Waals surface area contributed by atoms with Gasteiger partial charge >= 0.3 is 0 Å². The van der Waals surface area contributed by atoms with E-state index in [-0.39, 0.29) is 0 Å². The highest BCUT2D eigenvalue weighted by atomic mass is 35.5. The number of aromatic nitrogens is 4. The molecule has 0 unspecified atom stereocenters. The van der Waals surface area contributed by atoms with Crippen molar-refractivity contribution in [2.45, 2.75) is 10.9 Å². The van der Waals surface area contributed by atoms with Crippen molar-refractivity contribution in [3.63, 3.8) is 0 Å². The molecule has 0 radical (unpaired) electrons. The maximum atomic E-state index is 5.88. The van der Waals surface area contributed by atoms with Crippen molar-refractivity contribution in [1.29, 1.82) is 0 Å². The minimum absolute atomic E-state index is 0.488. The number of hydrogen-bond donors (Lipinski definition) is 0. The van der Waals surface area contributed by atoms with Gasteiger partial charge in [0.15, 0.2) is 11.0 Å². The molecule has 0 amide bonds.